The maximum atomic E-state index is 11.7. The lowest BCUT2D eigenvalue weighted by atomic mass is 9.89. The van der Waals surface area contributed by atoms with Crippen LogP contribution < -0.4 is 0 Å². The molecule has 1 aromatic rings. The van der Waals surface area contributed by atoms with Crippen molar-refractivity contribution in [3.8, 4) is 0 Å². The number of likely N-dealkylation sites (tertiary alicyclic amines) is 1. The van der Waals surface area contributed by atoms with Gasteiger partial charge in [0.2, 0.25) is 0 Å². The van der Waals surface area contributed by atoms with E-state index < -0.39 is 17.9 Å². The lowest BCUT2D eigenvalue weighted by Crippen LogP contribution is -2.35. The van der Waals surface area contributed by atoms with Crippen molar-refractivity contribution in [1.29, 1.82) is 0 Å². The van der Waals surface area contributed by atoms with Crippen molar-refractivity contribution in [2.24, 2.45) is 11.8 Å². The van der Waals surface area contributed by atoms with Gasteiger partial charge in [0.05, 0.1) is 6.61 Å². The Kier molecular flexibility index (Phi) is 7.25. The number of esters is 1. The number of rotatable bonds is 8. The summed E-state index contributed by atoms with van der Waals surface area (Å²) in [5, 5.41) is 9.24. The molecule has 1 fully saturated rings. The zero-order valence-corrected chi connectivity index (χ0v) is 14.3. The molecule has 0 bridgehead atoms. The van der Waals surface area contributed by atoms with E-state index in [0.29, 0.717) is 12.3 Å². The van der Waals surface area contributed by atoms with Crippen molar-refractivity contribution in [3.63, 3.8) is 0 Å². The summed E-state index contributed by atoms with van der Waals surface area (Å²) in [6.07, 6.45) is 3.33. The molecule has 5 nitrogen and oxygen atoms in total. The van der Waals surface area contributed by atoms with E-state index in [2.05, 4.69) is 17.0 Å². The van der Waals surface area contributed by atoms with E-state index in [1.807, 2.05) is 18.2 Å². The average molecular weight is 333 g/mol. The minimum Gasteiger partial charge on any atom is -0.481 e. The van der Waals surface area contributed by atoms with Gasteiger partial charge in [0, 0.05) is 13.1 Å². The topological polar surface area (TPSA) is 66.8 Å². The minimum atomic E-state index is -1.08. The number of carboxylic acids is 1. The second-order valence-corrected chi connectivity index (χ2v) is 6.45. The van der Waals surface area contributed by atoms with Crippen LogP contribution in [-0.2, 0) is 20.9 Å². The third-order valence-corrected chi connectivity index (χ3v) is 4.58. The number of benzene rings is 1. The van der Waals surface area contributed by atoms with Gasteiger partial charge in [-0.1, -0.05) is 30.3 Å². The molecule has 132 valence electrons. The molecule has 1 aliphatic rings. The highest BCUT2D eigenvalue weighted by atomic mass is 16.5. The highest BCUT2D eigenvalue weighted by molar-refractivity contribution is 5.93. The van der Waals surface area contributed by atoms with Gasteiger partial charge < -0.3 is 9.84 Å². The highest BCUT2D eigenvalue weighted by Gasteiger charge is 2.29. The average Bonchev–Trinajstić information content (AvgIpc) is 2.56. The molecule has 5 heteroatoms. The lowest BCUT2D eigenvalue weighted by molar-refractivity contribution is -0.158. The van der Waals surface area contributed by atoms with Crippen molar-refractivity contribution in [1.82, 2.24) is 4.90 Å². The molecule has 0 spiro atoms. The third kappa shape index (κ3) is 5.64. The summed E-state index contributed by atoms with van der Waals surface area (Å²) in [6, 6.07) is 10.4. The van der Waals surface area contributed by atoms with E-state index in [-0.39, 0.29) is 6.61 Å². The molecule has 1 aromatic carbocycles. The maximum absolute atomic E-state index is 11.7. The van der Waals surface area contributed by atoms with Crippen molar-refractivity contribution in [2.75, 3.05) is 19.7 Å². The first-order chi connectivity index (χ1) is 11.6. The van der Waals surface area contributed by atoms with E-state index in [4.69, 9.17) is 4.74 Å². The van der Waals surface area contributed by atoms with Crippen molar-refractivity contribution < 1.29 is 19.4 Å². The molecule has 24 heavy (non-hydrogen) atoms. The van der Waals surface area contributed by atoms with E-state index in [9.17, 15) is 14.7 Å². The van der Waals surface area contributed by atoms with E-state index in [1.165, 1.54) is 5.56 Å². The molecule has 2 rings (SSSR count). The number of hydrogen-bond acceptors (Lipinski definition) is 4. The Bertz CT molecular complexity index is 531. The first kappa shape index (κ1) is 18.5. The zero-order chi connectivity index (χ0) is 17.4. The number of nitrogens with zero attached hydrogens (tertiary/aromatic N) is 1. The van der Waals surface area contributed by atoms with Gasteiger partial charge in [-0.25, -0.2) is 0 Å². The lowest BCUT2D eigenvalue weighted by Gasteiger charge is -2.33. The van der Waals surface area contributed by atoms with Gasteiger partial charge >= 0.3 is 11.9 Å². The molecule has 1 heterocycles. The van der Waals surface area contributed by atoms with E-state index in [1.54, 1.807) is 6.92 Å². The summed E-state index contributed by atoms with van der Waals surface area (Å²) in [5.74, 6) is -2.28. The maximum Gasteiger partial charge on any atom is 0.320 e. The molecule has 0 aliphatic carbocycles. The summed E-state index contributed by atoms with van der Waals surface area (Å²) in [6.45, 7) is 4.88. The number of carboxylic acid groups (broad SMARTS) is 1. The zero-order valence-electron chi connectivity index (χ0n) is 14.3. The van der Waals surface area contributed by atoms with E-state index >= 15 is 0 Å². The summed E-state index contributed by atoms with van der Waals surface area (Å²) in [4.78, 5) is 25.5. The molecule has 2 unspecified atom stereocenters. The largest absolute Gasteiger partial charge is 0.481 e. The van der Waals surface area contributed by atoms with Gasteiger partial charge in [0.25, 0.3) is 0 Å². The molecule has 1 N–H and O–H groups in total. The molecular formula is C19H27NO4. The molecule has 0 radical (unpaired) electrons. The first-order valence-electron chi connectivity index (χ1n) is 8.76. The Balaban J connectivity index is 1.83. The predicted octanol–water partition coefficient (Wildman–Crippen LogP) is 2.94. The van der Waals surface area contributed by atoms with Crippen LogP contribution in [0.3, 0.4) is 0 Å². The standard InChI is InChI=1S/C19H27NO4/c1-2-24-19(23)17(18(21)22)11-10-16-9-6-12-20(14-16)13-15-7-4-3-5-8-15/h3-5,7-8,16-17H,2,6,9-14H2,1H3,(H,21,22). The van der Waals surface area contributed by atoms with Crippen LogP contribution in [0.25, 0.3) is 0 Å². The molecule has 2 atom stereocenters. The number of hydrogen-bond donors (Lipinski definition) is 1. The van der Waals surface area contributed by atoms with Crippen LogP contribution in [0, 0.1) is 11.8 Å². The monoisotopic (exact) mass is 333 g/mol. The van der Waals surface area contributed by atoms with Crippen LogP contribution in [0.4, 0.5) is 0 Å². The summed E-state index contributed by atoms with van der Waals surface area (Å²) < 4.78 is 4.88. The minimum absolute atomic E-state index is 0.219. The summed E-state index contributed by atoms with van der Waals surface area (Å²) in [7, 11) is 0. The van der Waals surface area contributed by atoms with Gasteiger partial charge in [-0.2, -0.15) is 0 Å². The Labute approximate surface area is 143 Å². The Hall–Kier alpha value is -1.88. The first-order valence-corrected chi connectivity index (χ1v) is 8.76. The number of aliphatic carboxylic acids is 1. The molecule has 1 aliphatic heterocycles. The normalized spacial score (nSPS) is 19.6. The molecule has 0 amide bonds. The molecule has 1 saturated heterocycles. The van der Waals surface area contributed by atoms with E-state index in [0.717, 1.165) is 38.9 Å². The molecule has 0 aromatic heterocycles. The number of carbonyl (C=O) groups excluding carboxylic acids is 1. The van der Waals surface area contributed by atoms with Gasteiger partial charge in [-0.15, -0.1) is 0 Å². The summed E-state index contributed by atoms with van der Waals surface area (Å²) in [5.41, 5.74) is 1.30. The van der Waals surface area contributed by atoms with Gasteiger partial charge in [0.1, 0.15) is 0 Å². The fourth-order valence-electron chi connectivity index (χ4n) is 3.36. The quantitative estimate of drug-likeness (QED) is 0.585. The Morgan fingerprint density at radius 3 is 2.75 bits per heavy atom. The van der Waals surface area contributed by atoms with Crippen LogP contribution in [-0.4, -0.2) is 41.6 Å². The number of piperidine rings is 1. The third-order valence-electron chi connectivity index (χ3n) is 4.58. The number of carbonyl (C=O) groups is 2. The summed E-state index contributed by atoms with van der Waals surface area (Å²) >= 11 is 0. The molecular weight excluding hydrogens is 306 g/mol. The van der Waals surface area contributed by atoms with Crippen LogP contribution in [0.5, 0.6) is 0 Å². The molecule has 0 saturated carbocycles. The smallest absolute Gasteiger partial charge is 0.320 e. The SMILES string of the molecule is CCOC(=O)C(CCC1CCCN(Cc2ccccc2)C1)C(=O)O. The van der Waals surface area contributed by atoms with Crippen LogP contribution in [0.1, 0.15) is 38.2 Å². The van der Waals surface area contributed by atoms with Crippen LogP contribution >= 0.6 is 0 Å². The fourth-order valence-corrected chi connectivity index (χ4v) is 3.36. The predicted molar refractivity (Wildman–Crippen MR) is 91.4 cm³/mol. The van der Waals surface area contributed by atoms with Crippen LogP contribution in [0.2, 0.25) is 0 Å². The second-order valence-electron chi connectivity index (χ2n) is 6.45. The second kappa shape index (κ2) is 9.42. The Morgan fingerprint density at radius 1 is 1.33 bits per heavy atom. The fraction of sp³-hybridized carbons (Fsp3) is 0.579. The number of ether oxygens (including phenoxy) is 1. The van der Waals surface area contributed by atoms with Crippen molar-refractivity contribution in [2.45, 2.75) is 39.2 Å². The van der Waals surface area contributed by atoms with Crippen molar-refractivity contribution >= 4 is 11.9 Å². The van der Waals surface area contributed by atoms with Gasteiger partial charge in [0.15, 0.2) is 5.92 Å². The highest BCUT2D eigenvalue weighted by Crippen LogP contribution is 2.24. The Morgan fingerprint density at radius 2 is 2.08 bits per heavy atom. The van der Waals surface area contributed by atoms with Gasteiger partial charge in [-0.05, 0) is 50.6 Å². The van der Waals surface area contributed by atoms with Gasteiger partial charge in [-0.3, -0.25) is 14.5 Å². The van der Waals surface area contributed by atoms with Crippen molar-refractivity contribution in [3.05, 3.63) is 35.9 Å². The van der Waals surface area contributed by atoms with Crippen LogP contribution in [0.15, 0.2) is 30.3 Å².